The molecule has 1 aliphatic rings. The number of piperidine rings is 1. The third kappa shape index (κ3) is 7.42. The first kappa shape index (κ1) is 27.9. The largest absolute Gasteiger partial charge is 0.489 e. The van der Waals surface area contributed by atoms with E-state index < -0.39 is 17.7 Å². The molecule has 36 heavy (non-hydrogen) atoms. The highest BCUT2D eigenvalue weighted by Crippen LogP contribution is 2.40. The fourth-order valence-corrected chi connectivity index (χ4v) is 4.31. The Morgan fingerprint density at radius 2 is 1.83 bits per heavy atom. The van der Waals surface area contributed by atoms with Gasteiger partial charge in [0.05, 0.1) is 29.3 Å². The molecule has 3 rings (SSSR count). The van der Waals surface area contributed by atoms with Crippen LogP contribution in [0.25, 0.3) is 11.3 Å². The number of pyridine rings is 2. The highest BCUT2D eigenvalue weighted by Gasteiger charge is 2.29. The number of aryl methyl sites for hydroxylation is 1. The zero-order valence-electron chi connectivity index (χ0n) is 23.2. The van der Waals surface area contributed by atoms with Gasteiger partial charge in [0.25, 0.3) is 0 Å². The van der Waals surface area contributed by atoms with E-state index in [-0.39, 0.29) is 0 Å². The average Bonchev–Trinajstić information content (AvgIpc) is 2.77. The van der Waals surface area contributed by atoms with Crippen molar-refractivity contribution in [3.05, 3.63) is 35.8 Å². The summed E-state index contributed by atoms with van der Waals surface area (Å²) in [4.78, 5) is 23.6. The molecule has 1 atom stereocenters. The molecule has 0 saturated carbocycles. The molecule has 1 saturated heterocycles. The fraction of sp³-hybridized carbons (Fsp3) is 0.621. The van der Waals surface area contributed by atoms with E-state index in [1.807, 2.05) is 33.8 Å². The van der Waals surface area contributed by atoms with Gasteiger partial charge in [-0.15, -0.1) is 0 Å². The zero-order chi connectivity index (χ0) is 26.7. The Kier molecular flexibility index (Phi) is 8.65. The van der Waals surface area contributed by atoms with E-state index in [1.54, 1.807) is 12.4 Å². The molecule has 0 aromatic carbocycles. The number of carboxylic acid groups (broad SMARTS) is 1. The number of aliphatic carboxylic acids is 1. The standard InChI is InChI=1S/C29H43N3O4/c1-19(2)9-14-35-25-20(3)31-23(16-24(25)32-12-10-29(7,8)11-13-32)21-15-22(18-30-17-21)26(27(33)34)36-28(4,5)6/h15-19,26H,9-14H2,1-8H3,(H,33,34)/t26-/m0/s1. The Labute approximate surface area is 216 Å². The summed E-state index contributed by atoms with van der Waals surface area (Å²) in [5.74, 6) is 0.351. The third-order valence-corrected chi connectivity index (χ3v) is 6.58. The van der Waals surface area contributed by atoms with E-state index in [4.69, 9.17) is 14.5 Å². The van der Waals surface area contributed by atoms with Crippen LogP contribution in [0, 0.1) is 18.3 Å². The van der Waals surface area contributed by atoms with Crippen LogP contribution in [-0.4, -0.2) is 46.3 Å². The van der Waals surface area contributed by atoms with Crippen molar-refractivity contribution in [2.45, 2.75) is 86.4 Å². The number of nitrogens with zero attached hydrogens (tertiary/aromatic N) is 3. The molecule has 1 aliphatic heterocycles. The second-order valence-electron chi connectivity index (χ2n) is 12.1. The Bertz CT molecular complexity index is 1050. The van der Waals surface area contributed by atoms with Gasteiger partial charge in [0.1, 0.15) is 0 Å². The quantitative estimate of drug-likeness (QED) is 0.426. The van der Waals surface area contributed by atoms with E-state index in [0.29, 0.717) is 23.5 Å². The summed E-state index contributed by atoms with van der Waals surface area (Å²) in [5.41, 5.74) is 3.58. The summed E-state index contributed by atoms with van der Waals surface area (Å²) >= 11 is 0. The lowest BCUT2D eigenvalue weighted by Gasteiger charge is -2.39. The molecule has 2 aromatic rings. The van der Waals surface area contributed by atoms with Crippen LogP contribution in [0.1, 0.15) is 85.1 Å². The van der Waals surface area contributed by atoms with E-state index in [0.717, 1.165) is 60.7 Å². The van der Waals surface area contributed by atoms with Gasteiger partial charge in [-0.1, -0.05) is 27.7 Å². The second kappa shape index (κ2) is 11.2. The van der Waals surface area contributed by atoms with Crippen LogP contribution in [0.3, 0.4) is 0 Å². The molecular formula is C29H43N3O4. The normalized spacial score (nSPS) is 16.8. The molecule has 7 nitrogen and oxygen atoms in total. The Balaban J connectivity index is 2.01. The lowest BCUT2D eigenvalue weighted by atomic mass is 9.82. The predicted octanol–water partition coefficient (Wildman–Crippen LogP) is 6.44. The molecule has 0 aliphatic carbocycles. The van der Waals surface area contributed by atoms with Gasteiger partial charge in [0.2, 0.25) is 0 Å². The van der Waals surface area contributed by atoms with Crippen LogP contribution in [0.15, 0.2) is 24.5 Å². The second-order valence-corrected chi connectivity index (χ2v) is 12.1. The van der Waals surface area contributed by atoms with Gasteiger partial charge in [-0.05, 0) is 70.4 Å². The smallest absolute Gasteiger partial charge is 0.337 e. The van der Waals surface area contributed by atoms with Crippen molar-refractivity contribution in [1.82, 2.24) is 9.97 Å². The van der Waals surface area contributed by atoms with Crippen LogP contribution in [0.2, 0.25) is 0 Å². The third-order valence-electron chi connectivity index (χ3n) is 6.58. The van der Waals surface area contributed by atoms with Gasteiger partial charge in [-0.3, -0.25) is 4.98 Å². The summed E-state index contributed by atoms with van der Waals surface area (Å²) in [5, 5.41) is 9.82. The lowest BCUT2D eigenvalue weighted by Crippen LogP contribution is -2.37. The molecular weight excluding hydrogens is 454 g/mol. The predicted molar refractivity (Wildman–Crippen MR) is 144 cm³/mol. The number of carboxylic acids is 1. The van der Waals surface area contributed by atoms with E-state index in [9.17, 15) is 9.90 Å². The van der Waals surface area contributed by atoms with Crippen molar-refractivity contribution >= 4 is 11.7 Å². The maximum Gasteiger partial charge on any atom is 0.337 e. The first-order chi connectivity index (χ1) is 16.8. The molecule has 1 fully saturated rings. The molecule has 198 valence electrons. The monoisotopic (exact) mass is 497 g/mol. The maximum absolute atomic E-state index is 12.0. The van der Waals surface area contributed by atoms with Crippen LogP contribution in [0.4, 0.5) is 5.69 Å². The van der Waals surface area contributed by atoms with Crippen LogP contribution >= 0.6 is 0 Å². The summed E-state index contributed by atoms with van der Waals surface area (Å²) < 4.78 is 12.1. The van der Waals surface area contributed by atoms with E-state index in [2.05, 4.69) is 43.6 Å². The van der Waals surface area contributed by atoms with Crippen molar-refractivity contribution in [3.8, 4) is 17.0 Å². The topological polar surface area (TPSA) is 84.8 Å². The lowest BCUT2D eigenvalue weighted by molar-refractivity contribution is -0.160. The number of anilines is 1. The first-order valence-electron chi connectivity index (χ1n) is 13.0. The number of carbonyl (C=O) groups is 1. The van der Waals surface area contributed by atoms with E-state index in [1.165, 1.54) is 0 Å². The summed E-state index contributed by atoms with van der Waals surface area (Å²) in [6.07, 6.45) is 5.36. The number of rotatable bonds is 9. The molecule has 7 heteroatoms. The SMILES string of the molecule is Cc1nc(-c2cncc([C@H](OC(C)(C)C)C(=O)O)c2)cc(N2CCC(C)(C)CC2)c1OCCC(C)C. The average molecular weight is 498 g/mol. The Hall–Kier alpha value is -2.67. The number of hydrogen-bond acceptors (Lipinski definition) is 6. The van der Waals surface area contributed by atoms with Crippen molar-refractivity contribution in [2.24, 2.45) is 11.3 Å². The van der Waals surface area contributed by atoms with Crippen molar-refractivity contribution in [3.63, 3.8) is 0 Å². The number of aromatic nitrogens is 2. The van der Waals surface area contributed by atoms with Crippen LogP contribution in [0.5, 0.6) is 5.75 Å². The Morgan fingerprint density at radius 3 is 2.42 bits per heavy atom. The first-order valence-corrected chi connectivity index (χ1v) is 13.0. The maximum atomic E-state index is 12.0. The van der Waals surface area contributed by atoms with E-state index >= 15 is 0 Å². The zero-order valence-corrected chi connectivity index (χ0v) is 23.2. The molecule has 2 aromatic heterocycles. The van der Waals surface area contributed by atoms with Gasteiger partial charge in [-0.2, -0.15) is 0 Å². The minimum Gasteiger partial charge on any atom is -0.489 e. The summed E-state index contributed by atoms with van der Waals surface area (Å²) in [6, 6.07) is 3.89. The summed E-state index contributed by atoms with van der Waals surface area (Å²) in [7, 11) is 0. The molecule has 1 N–H and O–H groups in total. The van der Waals surface area contributed by atoms with Crippen molar-refractivity contribution in [2.75, 3.05) is 24.6 Å². The highest BCUT2D eigenvalue weighted by atomic mass is 16.5. The van der Waals surface area contributed by atoms with Crippen LogP contribution < -0.4 is 9.64 Å². The minimum absolute atomic E-state index is 0.331. The van der Waals surface area contributed by atoms with Gasteiger partial charge in [-0.25, -0.2) is 9.78 Å². The Morgan fingerprint density at radius 1 is 1.17 bits per heavy atom. The van der Waals surface area contributed by atoms with Gasteiger partial charge >= 0.3 is 5.97 Å². The number of ether oxygens (including phenoxy) is 2. The van der Waals surface area contributed by atoms with Crippen molar-refractivity contribution < 1.29 is 19.4 Å². The molecule has 3 heterocycles. The van der Waals surface area contributed by atoms with Crippen LogP contribution in [-0.2, 0) is 9.53 Å². The molecule has 0 unspecified atom stereocenters. The van der Waals surface area contributed by atoms with Crippen molar-refractivity contribution in [1.29, 1.82) is 0 Å². The molecule has 0 bridgehead atoms. The molecule has 0 radical (unpaired) electrons. The summed E-state index contributed by atoms with van der Waals surface area (Å²) in [6.45, 7) is 19.1. The van der Waals surface area contributed by atoms with Gasteiger partial charge in [0.15, 0.2) is 11.9 Å². The fourth-order valence-electron chi connectivity index (χ4n) is 4.31. The molecule has 0 spiro atoms. The minimum atomic E-state index is -1.11. The molecule has 0 amide bonds. The number of hydrogen-bond donors (Lipinski definition) is 1. The van der Waals surface area contributed by atoms with Gasteiger partial charge in [0, 0.05) is 36.6 Å². The van der Waals surface area contributed by atoms with Gasteiger partial charge < -0.3 is 19.5 Å². The highest BCUT2D eigenvalue weighted by molar-refractivity contribution is 5.76.